The number of hydrogen-bond donors (Lipinski definition) is 0. The molecule has 0 amide bonds. The first-order valence-electron chi connectivity index (χ1n) is 10.6. The van der Waals surface area contributed by atoms with Gasteiger partial charge in [0.25, 0.3) is 0 Å². The van der Waals surface area contributed by atoms with Crippen LogP contribution in [-0.4, -0.2) is 9.97 Å². The van der Waals surface area contributed by atoms with Gasteiger partial charge < -0.3 is 0 Å². The molecule has 0 unspecified atom stereocenters. The molecule has 3 aromatic carbocycles. The fraction of sp³-hybridized carbons (Fsp3) is 0.0714. The van der Waals surface area contributed by atoms with E-state index in [1.807, 2.05) is 30.3 Å². The lowest BCUT2D eigenvalue weighted by molar-refractivity contribution is 0.896. The molecule has 32 heavy (non-hydrogen) atoms. The van der Waals surface area contributed by atoms with Crippen LogP contribution in [0, 0.1) is 0 Å². The lowest BCUT2D eigenvalue weighted by Gasteiger charge is -2.23. The van der Waals surface area contributed by atoms with E-state index in [0.29, 0.717) is 0 Å². The molecular formula is C28H18BrClN2. The predicted molar refractivity (Wildman–Crippen MR) is 136 cm³/mol. The zero-order valence-corrected chi connectivity index (χ0v) is 19.5. The van der Waals surface area contributed by atoms with E-state index >= 15 is 0 Å². The third-order valence-electron chi connectivity index (χ3n) is 6.09. The average Bonchev–Trinajstić information content (AvgIpc) is 2.83. The van der Waals surface area contributed by atoms with Crippen LogP contribution in [0.2, 0.25) is 5.02 Å². The second-order valence-electron chi connectivity index (χ2n) is 8.07. The van der Waals surface area contributed by atoms with E-state index in [0.717, 1.165) is 61.4 Å². The standard InChI is InChI=1S/C28H18BrClN2/c29-20-9-5-17(6-10-20)23-16-27(18-7-11-21(30)12-8-18)32-28-22(23)13-14-26-24(28)15-19-3-1-2-4-25(19)31-26/h1-12,15-16H,13-14H2. The van der Waals surface area contributed by atoms with Crippen molar-refractivity contribution in [2.75, 3.05) is 0 Å². The van der Waals surface area contributed by atoms with Crippen LogP contribution in [0.15, 0.2) is 89.4 Å². The molecule has 0 bridgehead atoms. The zero-order valence-electron chi connectivity index (χ0n) is 17.1. The van der Waals surface area contributed by atoms with Gasteiger partial charge in [0.15, 0.2) is 0 Å². The SMILES string of the molecule is Clc1ccc(-c2cc(-c3ccc(Br)cc3)c3c(n2)-c2cc4ccccc4nc2CC3)cc1. The van der Waals surface area contributed by atoms with E-state index in [-0.39, 0.29) is 0 Å². The highest BCUT2D eigenvalue weighted by molar-refractivity contribution is 9.10. The highest BCUT2D eigenvalue weighted by Gasteiger charge is 2.24. The molecule has 0 radical (unpaired) electrons. The van der Waals surface area contributed by atoms with E-state index in [1.54, 1.807) is 0 Å². The van der Waals surface area contributed by atoms with E-state index in [9.17, 15) is 0 Å². The minimum atomic E-state index is 0.723. The van der Waals surface area contributed by atoms with Gasteiger partial charge in [0.2, 0.25) is 0 Å². The van der Waals surface area contributed by atoms with Crippen LogP contribution in [-0.2, 0) is 12.8 Å². The van der Waals surface area contributed by atoms with Crippen molar-refractivity contribution in [1.29, 1.82) is 0 Å². The monoisotopic (exact) mass is 496 g/mol. The van der Waals surface area contributed by atoms with Crippen molar-refractivity contribution in [3.63, 3.8) is 0 Å². The van der Waals surface area contributed by atoms with Gasteiger partial charge in [-0.05, 0) is 72.0 Å². The summed E-state index contributed by atoms with van der Waals surface area (Å²) in [6.07, 6.45) is 1.84. The molecule has 0 N–H and O–H groups in total. The van der Waals surface area contributed by atoms with Crippen LogP contribution in [0.4, 0.5) is 0 Å². The summed E-state index contributed by atoms with van der Waals surface area (Å²) < 4.78 is 1.07. The van der Waals surface area contributed by atoms with Crippen LogP contribution in [0.1, 0.15) is 11.3 Å². The number of aromatic nitrogens is 2. The van der Waals surface area contributed by atoms with E-state index in [4.69, 9.17) is 21.6 Å². The topological polar surface area (TPSA) is 25.8 Å². The van der Waals surface area contributed by atoms with E-state index in [1.165, 1.54) is 16.7 Å². The minimum Gasteiger partial charge on any atom is -0.252 e. The number of hydrogen-bond acceptors (Lipinski definition) is 2. The minimum absolute atomic E-state index is 0.723. The molecule has 4 heteroatoms. The third-order valence-corrected chi connectivity index (χ3v) is 6.87. The maximum Gasteiger partial charge on any atom is 0.0766 e. The van der Waals surface area contributed by atoms with Gasteiger partial charge in [-0.3, -0.25) is 4.98 Å². The molecule has 1 aliphatic carbocycles. The Kier molecular flexibility index (Phi) is 4.82. The molecule has 0 aliphatic heterocycles. The number of aryl methyl sites for hydroxylation is 1. The Morgan fingerprint density at radius 3 is 2.28 bits per heavy atom. The van der Waals surface area contributed by atoms with Gasteiger partial charge in [0.05, 0.1) is 22.6 Å². The van der Waals surface area contributed by atoms with Gasteiger partial charge >= 0.3 is 0 Å². The lowest BCUT2D eigenvalue weighted by atomic mass is 9.85. The number of rotatable bonds is 2. The molecule has 0 saturated carbocycles. The second kappa shape index (κ2) is 7.84. The molecule has 0 spiro atoms. The van der Waals surface area contributed by atoms with E-state index in [2.05, 4.69) is 70.5 Å². The normalized spacial score (nSPS) is 12.4. The number of fused-ring (bicyclic) bond motifs is 4. The third kappa shape index (κ3) is 3.42. The second-order valence-corrected chi connectivity index (χ2v) is 9.42. The highest BCUT2D eigenvalue weighted by Crippen LogP contribution is 2.40. The molecule has 2 aromatic heterocycles. The van der Waals surface area contributed by atoms with Crippen LogP contribution < -0.4 is 0 Å². The Hall–Kier alpha value is -3.01. The van der Waals surface area contributed by atoms with Gasteiger partial charge in [-0.2, -0.15) is 0 Å². The van der Waals surface area contributed by atoms with Crippen LogP contribution in [0.5, 0.6) is 0 Å². The Labute approximate surface area is 200 Å². The summed E-state index contributed by atoms with van der Waals surface area (Å²) >= 11 is 9.71. The molecule has 2 nitrogen and oxygen atoms in total. The molecule has 0 fully saturated rings. The molecule has 0 atom stereocenters. The summed E-state index contributed by atoms with van der Waals surface area (Å²) in [6.45, 7) is 0. The van der Waals surface area contributed by atoms with Crippen LogP contribution in [0.3, 0.4) is 0 Å². The maximum atomic E-state index is 6.15. The first kappa shape index (κ1) is 19.7. The summed E-state index contributed by atoms with van der Waals surface area (Å²) in [4.78, 5) is 10.2. The number of pyridine rings is 2. The molecule has 1 aliphatic rings. The van der Waals surface area contributed by atoms with Gasteiger partial charge in [0.1, 0.15) is 0 Å². The van der Waals surface area contributed by atoms with Crippen molar-refractivity contribution < 1.29 is 0 Å². The Bertz CT molecular complexity index is 1470. The first-order valence-corrected chi connectivity index (χ1v) is 11.8. The van der Waals surface area contributed by atoms with Gasteiger partial charge in [-0.25, -0.2) is 4.98 Å². The maximum absolute atomic E-state index is 6.15. The Morgan fingerprint density at radius 1 is 0.719 bits per heavy atom. The van der Waals surface area contributed by atoms with Crippen molar-refractivity contribution in [3.8, 4) is 33.6 Å². The number of halogens is 2. The Balaban J connectivity index is 1.63. The van der Waals surface area contributed by atoms with Crippen molar-refractivity contribution in [1.82, 2.24) is 9.97 Å². The highest BCUT2D eigenvalue weighted by atomic mass is 79.9. The van der Waals surface area contributed by atoms with Crippen molar-refractivity contribution >= 4 is 38.4 Å². The number of para-hydroxylation sites is 1. The fourth-order valence-corrected chi connectivity index (χ4v) is 4.89. The van der Waals surface area contributed by atoms with Crippen molar-refractivity contribution in [2.24, 2.45) is 0 Å². The summed E-state index contributed by atoms with van der Waals surface area (Å²) in [5.74, 6) is 0. The van der Waals surface area contributed by atoms with Crippen molar-refractivity contribution in [3.05, 3.63) is 106 Å². The predicted octanol–water partition coefficient (Wildman–Crippen LogP) is 8.15. The van der Waals surface area contributed by atoms with Gasteiger partial charge in [0, 0.05) is 26.0 Å². The van der Waals surface area contributed by atoms with Crippen LogP contribution >= 0.6 is 27.5 Å². The number of nitrogens with zero attached hydrogens (tertiary/aromatic N) is 2. The van der Waals surface area contributed by atoms with Gasteiger partial charge in [-0.15, -0.1) is 0 Å². The summed E-state index contributed by atoms with van der Waals surface area (Å²) in [7, 11) is 0. The quantitative estimate of drug-likeness (QED) is 0.246. The van der Waals surface area contributed by atoms with Crippen molar-refractivity contribution in [2.45, 2.75) is 12.8 Å². The van der Waals surface area contributed by atoms with Crippen LogP contribution in [0.25, 0.3) is 44.5 Å². The smallest absolute Gasteiger partial charge is 0.0766 e. The average molecular weight is 498 g/mol. The summed E-state index contributed by atoms with van der Waals surface area (Å²) in [6, 6.07) is 29.2. The molecular weight excluding hydrogens is 480 g/mol. The lowest BCUT2D eigenvalue weighted by Crippen LogP contribution is -2.10. The van der Waals surface area contributed by atoms with Gasteiger partial charge in [-0.1, -0.05) is 70.0 Å². The number of benzene rings is 3. The molecule has 0 saturated heterocycles. The largest absolute Gasteiger partial charge is 0.252 e. The molecule has 6 rings (SSSR count). The fourth-order valence-electron chi connectivity index (χ4n) is 4.50. The zero-order chi connectivity index (χ0) is 21.7. The first-order chi connectivity index (χ1) is 15.7. The summed E-state index contributed by atoms with van der Waals surface area (Å²) in [5.41, 5.74) is 10.0. The van der Waals surface area contributed by atoms with E-state index < -0.39 is 0 Å². The molecule has 154 valence electrons. The molecule has 2 heterocycles. The molecule has 5 aromatic rings. The Morgan fingerprint density at radius 2 is 1.47 bits per heavy atom. The summed E-state index contributed by atoms with van der Waals surface area (Å²) in [5, 5.41) is 1.86.